The number of carboxylic acid groups (broad SMARTS) is 1. The van der Waals surface area contributed by atoms with Crippen LogP contribution in [0.5, 0.6) is 5.75 Å². The normalized spacial score (nSPS) is 11.8. The lowest BCUT2D eigenvalue weighted by Gasteiger charge is -2.17. The van der Waals surface area contributed by atoms with Crippen LogP contribution in [0.4, 0.5) is 0 Å². The fraction of sp³-hybridized carbons (Fsp3) is 0.172. The molecule has 3 rings (SSSR count). The minimum atomic E-state index is -0.975. The zero-order valence-corrected chi connectivity index (χ0v) is 19.0. The van der Waals surface area contributed by atoms with Crippen LogP contribution in [0.3, 0.4) is 0 Å². The molecule has 4 nitrogen and oxygen atoms in total. The van der Waals surface area contributed by atoms with Gasteiger partial charge in [-0.3, -0.25) is 4.79 Å². The van der Waals surface area contributed by atoms with E-state index in [-0.39, 0.29) is 5.97 Å². The van der Waals surface area contributed by atoms with Crippen LogP contribution in [0.2, 0.25) is 0 Å². The molecule has 3 aromatic carbocycles. The lowest BCUT2D eigenvalue weighted by atomic mass is 9.88. The predicted octanol–water partition coefficient (Wildman–Crippen LogP) is 6.86. The molecular formula is C29H28O4. The second kappa shape index (κ2) is 11.6. The van der Waals surface area contributed by atoms with Gasteiger partial charge in [0.05, 0.1) is 0 Å². The Morgan fingerprint density at radius 1 is 0.818 bits per heavy atom. The Morgan fingerprint density at radius 3 is 1.97 bits per heavy atom. The van der Waals surface area contributed by atoms with Crippen LogP contribution in [0.25, 0.3) is 17.2 Å². The number of carbonyl (C=O) groups excluding carboxylic acids is 1. The molecular weight excluding hydrogens is 412 g/mol. The van der Waals surface area contributed by atoms with Gasteiger partial charge in [0.2, 0.25) is 0 Å². The molecule has 33 heavy (non-hydrogen) atoms. The third kappa shape index (κ3) is 6.53. The van der Waals surface area contributed by atoms with Crippen LogP contribution < -0.4 is 4.74 Å². The number of hydrogen-bond donors (Lipinski definition) is 1. The fourth-order valence-corrected chi connectivity index (χ4v) is 3.68. The highest BCUT2D eigenvalue weighted by Crippen LogP contribution is 2.35. The topological polar surface area (TPSA) is 63.6 Å². The molecule has 0 aliphatic carbocycles. The van der Waals surface area contributed by atoms with Gasteiger partial charge in [-0.2, -0.15) is 0 Å². The number of hydrogen-bond acceptors (Lipinski definition) is 3. The molecule has 0 radical (unpaired) electrons. The zero-order chi connectivity index (χ0) is 23.6. The average Bonchev–Trinajstić information content (AvgIpc) is 2.83. The van der Waals surface area contributed by atoms with E-state index in [0.717, 1.165) is 46.7 Å². The minimum absolute atomic E-state index is 0.232. The monoisotopic (exact) mass is 440 g/mol. The Morgan fingerprint density at radius 2 is 1.42 bits per heavy atom. The molecule has 0 saturated heterocycles. The molecule has 0 saturated carbocycles. The predicted molar refractivity (Wildman–Crippen MR) is 133 cm³/mol. The number of rotatable bonds is 9. The number of esters is 1. The number of benzene rings is 3. The summed E-state index contributed by atoms with van der Waals surface area (Å²) in [5.74, 6) is -0.676. The second-order valence-corrected chi connectivity index (χ2v) is 7.62. The van der Waals surface area contributed by atoms with Crippen molar-refractivity contribution in [2.75, 3.05) is 0 Å². The first kappa shape index (κ1) is 23.7. The van der Waals surface area contributed by atoms with E-state index in [2.05, 4.69) is 19.1 Å². The van der Waals surface area contributed by atoms with Crippen LogP contribution in [0.1, 0.15) is 55.4 Å². The summed E-state index contributed by atoms with van der Waals surface area (Å²) in [5, 5.41) is 8.88. The molecule has 0 aliphatic heterocycles. The summed E-state index contributed by atoms with van der Waals surface area (Å²) >= 11 is 0. The summed E-state index contributed by atoms with van der Waals surface area (Å²) in [6.07, 6.45) is 4.67. The van der Waals surface area contributed by atoms with E-state index in [4.69, 9.17) is 9.84 Å². The van der Waals surface area contributed by atoms with Crippen LogP contribution in [-0.2, 0) is 9.59 Å². The molecule has 0 aromatic heterocycles. The Kier molecular flexibility index (Phi) is 8.36. The highest BCUT2D eigenvalue weighted by Gasteiger charge is 2.14. The van der Waals surface area contributed by atoms with Gasteiger partial charge in [0, 0.05) is 12.5 Å². The lowest BCUT2D eigenvalue weighted by molar-refractivity contribution is -0.134. The number of aliphatic carboxylic acids is 1. The molecule has 0 atom stereocenters. The molecule has 0 aliphatic rings. The maximum absolute atomic E-state index is 11.8. The van der Waals surface area contributed by atoms with E-state index >= 15 is 0 Å². The van der Waals surface area contributed by atoms with E-state index in [0.29, 0.717) is 12.2 Å². The Hall–Kier alpha value is -3.92. The SMILES string of the molecule is CCCC(=O)Oc1ccc(C(=C(CC)c2ccccc2)c2ccc(C=CC(=O)O)cc2)cc1. The van der Waals surface area contributed by atoms with E-state index < -0.39 is 5.97 Å². The van der Waals surface area contributed by atoms with Gasteiger partial charge in [-0.15, -0.1) is 0 Å². The van der Waals surface area contributed by atoms with Gasteiger partial charge in [0.1, 0.15) is 5.75 Å². The molecule has 168 valence electrons. The maximum Gasteiger partial charge on any atom is 0.328 e. The lowest BCUT2D eigenvalue weighted by Crippen LogP contribution is -2.06. The Bertz CT molecular complexity index is 1140. The van der Waals surface area contributed by atoms with Gasteiger partial charge in [0.25, 0.3) is 0 Å². The van der Waals surface area contributed by atoms with Crippen molar-refractivity contribution in [2.24, 2.45) is 0 Å². The van der Waals surface area contributed by atoms with Gasteiger partial charge in [0.15, 0.2) is 0 Å². The smallest absolute Gasteiger partial charge is 0.328 e. The Balaban J connectivity index is 2.06. The highest BCUT2D eigenvalue weighted by atomic mass is 16.5. The third-order valence-corrected chi connectivity index (χ3v) is 5.22. The summed E-state index contributed by atoms with van der Waals surface area (Å²) in [7, 11) is 0. The molecule has 1 N–H and O–H groups in total. The van der Waals surface area contributed by atoms with Gasteiger partial charge >= 0.3 is 11.9 Å². The molecule has 4 heteroatoms. The minimum Gasteiger partial charge on any atom is -0.478 e. The number of ether oxygens (including phenoxy) is 1. The number of carboxylic acids is 1. The van der Waals surface area contributed by atoms with E-state index in [9.17, 15) is 9.59 Å². The summed E-state index contributed by atoms with van der Waals surface area (Å²) < 4.78 is 5.42. The molecule has 0 bridgehead atoms. The molecule has 0 heterocycles. The van der Waals surface area contributed by atoms with Crippen molar-refractivity contribution in [1.29, 1.82) is 0 Å². The fourth-order valence-electron chi connectivity index (χ4n) is 3.68. The van der Waals surface area contributed by atoms with Crippen LogP contribution in [-0.4, -0.2) is 17.0 Å². The summed E-state index contributed by atoms with van der Waals surface area (Å²) in [6.45, 7) is 4.08. The van der Waals surface area contributed by atoms with Gasteiger partial charge in [-0.25, -0.2) is 4.79 Å². The highest BCUT2D eigenvalue weighted by molar-refractivity contribution is 5.98. The summed E-state index contributed by atoms with van der Waals surface area (Å²) in [4.78, 5) is 22.7. The zero-order valence-electron chi connectivity index (χ0n) is 19.0. The van der Waals surface area contributed by atoms with Crippen molar-refractivity contribution in [3.8, 4) is 5.75 Å². The molecule has 0 spiro atoms. The first-order valence-electron chi connectivity index (χ1n) is 11.1. The van der Waals surface area contributed by atoms with Gasteiger partial charge < -0.3 is 9.84 Å². The quantitative estimate of drug-likeness (QED) is 0.171. The van der Waals surface area contributed by atoms with E-state index in [1.54, 1.807) is 6.08 Å². The third-order valence-electron chi connectivity index (χ3n) is 5.22. The Labute approximate surface area is 194 Å². The van der Waals surface area contributed by atoms with Crippen molar-refractivity contribution < 1.29 is 19.4 Å². The molecule has 0 fully saturated rings. The number of allylic oxidation sites excluding steroid dienone is 1. The van der Waals surface area contributed by atoms with Crippen LogP contribution in [0, 0.1) is 0 Å². The standard InChI is InChI=1S/C29H28O4/c1-3-8-28(32)33-25-18-16-24(17-19-25)29(26(4-2)22-9-6-5-7-10-22)23-14-11-21(12-15-23)13-20-27(30)31/h5-7,9-20H,3-4,8H2,1-2H3,(H,30,31). The largest absolute Gasteiger partial charge is 0.478 e. The van der Waals surface area contributed by atoms with Crippen molar-refractivity contribution in [3.63, 3.8) is 0 Å². The van der Waals surface area contributed by atoms with Gasteiger partial charge in [-0.1, -0.05) is 80.6 Å². The van der Waals surface area contributed by atoms with E-state index in [1.165, 1.54) is 5.57 Å². The van der Waals surface area contributed by atoms with Gasteiger partial charge in [-0.05, 0) is 64.5 Å². The maximum atomic E-state index is 11.8. The first-order chi connectivity index (χ1) is 16.0. The first-order valence-corrected chi connectivity index (χ1v) is 11.1. The van der Waals surface area contributed by atoms with Crippen molar-refractivity contribution in [3.05, 3.63) is 107 Å². The summed E-state index contributed by atoms with van der Waals surface area (Å²) in [5.41, 5.74) is 6.28. The summed E-state index contributed by atoms with van der Waals surface area (Å²) in [6, 6.07) is 25.7. The van der Waals surface area contributed by atoms with E-state index in [1.807, 2.05) is 73.7 Å². The molecule has 0 amide bonds. The van der Waals surface area contributed by atoms with Crippen LogP contribution >= 0.6 is 0 Å². The number of carbonyl (C=O) groups is 2. The second-order valence-electron chi connectivity index (χ2n) is 7.62. The van der Waals surface area contributed by atoms with Crippen LogP contribution in [0.15, 0.2) is 84.9 Å². The van der Waals surface area contributed by atoms with Crippen molar-refractivity contribution in [2.45, 2.75) is 33.1 Å². The van der Waals surface area contributed by atoms with Crippen molar-refractivity contribution in [1.82, 2.24) is 0 Å². The average molecular weight is 441 g/mol. The van der Waals surface area contributed by atoms with Crippen molar-refractivity contribution >= 4 is 29.2 Å². The molecule has 0 unspecified atom stereocenters. The molecule has 3 aromatic rings.